The molecule has 6 heteroatoms. The van der Waals surface area contributed by atoms with E-state index in [2.05, 4.69) is 19.2 Å². The van der Waals surface area contributed by atoms with Crippen LogP contribution in [0.5, 0.6) is 0 Å². The van der Waals surface area contributed by atoms with Gasteiger partial charge in [0.2, 0.25) is 10.0 Å². The summed E-state index contributed by atoms with van der Waals surface area (Å²) >= 11 is 0. The van der Waals surface area contributed by atoms with Gasteiger partial charge in [-0.3, -0.25) is 4.79 Å². The average Bonchev–Trinajstić information content (AvgIpc) is 2.63. The Morgan fingerprint density at radius 3 is 2.30 bits per heavy atom. The lowest BCUT2D eigenvalue weighted by Gasteiger charge is -2.34. The van der Waals surface area contributed by atoms with Crippen molar-refractivity contribution in [2.24, 2.45) is 11.8 Å². The average molecular weight is 387 g/mol. The van der Waals surface area contributed by atoms with Crippen LogP contribution in [0.3, 0.4) is 0 Å². The number of hydrogen-bond donors (Lipinski definition) is 1. The molecule has 0 aromatic heterocycles. The molecule has 0 aliphatic carbocycles. The van der Waals surface area contributed by atoms with Gasteiger partial charge >= 0.3 is 0 Å². The molecule has 144 valence electrons. The Morgan fingerprint density at radius 1 is 1.04 bits per heavy atom. The van der Waals surface area contributed by atoms with E-state index in [1.54, 1.807) is 22.5 Å². The summed E-state index contributed by atoms with van der Waals surface area (Å²) in [5.74, 6) is 0.337. The maximum atomic E-state index is 13.0. The van der Waals surface area contributed by atoms with E-state index in [1.807, 2.05) is 31.2 Å². The predicted octanol–water partition coefficient (Wildman–Crippen LogP) is 3.91. The van der Waals surface area contributed by atoms with Gasteiger partial charge in [-0.2, -0.15) is 4.31 Å². The number of nitrogens with one attached hydrogen (secondary N) is 1. The summed E-state index contributed by atoms with van der Waals surface area (Å²) in [7, 11) is -3.61. The Hall–Kier alpha value is -2.18. The van der Waals surface area contributed by atoms with E-state index in [4.69, 9.17) is 0 Å². The Labute approximate surface area is 161 Å². The summed E-state index contributed by atoms with van der Waals surface area (Å²) < 4.78 is 27.6. The van der Waals surface area contributed by atoms with Gasteiger partial charge in [0.1, 0.15) is 0 Å². The highest BCUT2D eigenvalue weighted by molar-refractivity contribution is 7.89. The van der Waals surface area contributed by atoms with E-state index in [0.717, 1.165) is 12.0 Å². The van der Waals surface area contributed by atoms with Gasteiger partial charge in [0.05, 0.1) is 4.90 Å². The smallest absolute Gasteiger partial charge is 0.255 e. The third kappa shape index (κ3) is 4.57. The summed E-state index contributed by atoms with van der Waals surface area (Å²) in [6, 6.07) is 13.7. The minimum atomic E-state index is -3.61. The molecule has 0 bridgehead atoms. The summed E-state index contributed by atoms with van der Waals surface area (Å²) in [4.78, 5) is 12.7. The highest BCUT2D eigenvalue weighted by Gasteiger charge is 2.31. The molecule has 1 amide bonds. The molecule has 1 fully saturated rings. The number of hydrogen-bond acceptors (Lipinski definition) is 3. The van der Waals surface area contributed by atoms with Crippen molar-refractivity contribution in [3.8, 4) is 0 Å². The first kappa shape index (κ1) is 19.6. The fraction of sp³-hybridized carbons (Fsp3) is 0.381. The van der Waals surface area contributed by atoms with Crippen LogP contribution in [0.15, 0.2) is 53.4 Å². The number of rotatable bonds is 4. The first-order valence-corrected chi connectivity index (χ1v) is 10.7. The molecule has 0 radical (unpaired) electrons. The largest absolute Gasteiger partial charge is 0.322 e. The van der Waals surface area contributed by atoms with Gasteiger partial charge in [-0.15, -0.1) is 0 Å². The number of anilines is 1. The molecule has 1 saturated heterocycles. The van der Waals surface area contributed by atoms with Gasteiger partial charge in [0, 0.05) is 24.3 Å². The number of aryl methyl sites for hydroxylation is 1. The molecule has 5 nitrogen and oxygen atoms in total. The van der Waals surface area contributed by atoms with Gasteiger partial charge in [-0.1, -0.05) is 37.6 Å². The zero-order chi connectivity index (χ0) is 19.6. The monoisotopic (exact) mass is 386 g/mol. The lowest BCUT2D eigenvalue weighted by atomic mass is 9.94. The van der Waals surface area contributed by atoms with Crippen LogP contribution in [-0.4, -0.2) is 31.7 Å². The minimum absolute atomic E-state index is 0.167. The molecule has 0 saturated carbocycles. The quantitative estimate of drug-likeness (QED) is 0.866. The molecular weight excluding hydrogens is 360 g/mol. The van der Waals surface area contributed by atoms with Crippen molar-refractivity contribution in [3.05, 3.63) is 59.7 Å². The second kappa shape index (κ2) is 7.82. The van der Waals surface area contributed by atoms with E-state index in [-0.39, 0.29) is 10.8 Å². The van der Waals surface area contributed by atoms with Crippen LogP contribution in [-0.2, 0) is 10.0 Å². The Morgan fingerprint density at radius 2 is 1.67 bits per heavy atom. The fourth-order valence-electron chi connectivity index (χ4n) is 3.59. The van der Waals surface area contributed by atoms with E-state index in [0.29, 0.717) is 36.2 Å². The number of benzene rings is 2. The standard InChI is InChI=1S/C21H26N2O3S/c1-15-7-9-19(10-8-15)22-21(24)18-5-4-6-20(12-18)27(25,26)23-13-16(2)11-17(3)14-23/h4-10,12,16-17H,11,13-14H2,1-3H3,(H,22,24). The molecule has 1 N–H and O–H groups in total. The highest BCUT2D eigenvalue weighted by atomic mass is 32.2. The summed E-state index contributed by atoms with van der Waals surface area (Å²) in [6.07, 6.45) is 1.03. The number of carbonyl (C=O) groups is 1. The van der Waals surface area contributed by atoms with Gasteiger partial charge in [-0.05, 0) is 55.5 Å². The van der Waals surface area contributed by atoms with Crippen LogP contribution < -0.4 is 5.32 Å². The number of carbonyl (C=O) groups excluding carboxylic acids is 1. The molecule has 2 aromatic rings. The van der Waals surface area contributed by atoms with Gasteiger partial charge in [-0.25, -0.2) is 8.42 Å². The molecular formula is C21H26N2O3S. The van der Waals surface area contributed by atoms with Gasteiger partial charge in [0.15, 0.2) is 0 Å². The van der Waals surface area contributed by atoms with Gasteiger partial charge < -0.3 is 5.32 Å². The SMILES string of the molecule is Cc1ccc(NC(=O)c2cccc(S(=O)(=O)N3CC(C)CC(C)C3)c2)cc1. The van der Waals surface area contributed by atoms with E-state index in [9.17, 15) is 13.2 Å². The molecule has 1 aliphatic heterocycles. The number of nitrogens with zero attached hydrogens (tertiary/aromatic N) is 1. The van der Waals surface area contributed by atoms with Crippen molar-refractivity contribution in [2.75, 3.05) is 18.4 Å². The molecule has 2 aromatic carbocycles. The normalized spacial score (nSPS) is 21.0. The Balaban J connectivity index is 1.82. The first-order chi connectivity index (χ1) is 12.8. The van der Waals surface area contributed by atoms with Crippen molar-refractivity contribution in [3.63, 3.8) is 0 Å². The summed E-state index contributed by atoms with van der Waals surface area (Å²) in [5.41, 5.74) is 2.11. The topological polar surface area (TPSA) is 66.5 Å². The van der Waals surface area contributed by atoms with Crippen molar-refractivity contribution < 1.29 is 13.2 Å². The molecule has 1 aliphatic rings. The molecule has 27 heavy (non-hydrogen) atoms. The second-order valence-electron chi connectivity index (χ2n) is 7.62. The van der Waals surface area contributed by atoms with Crippen LogP contribution in [0.25, 0.3) is 0 Å². The molecule has 1 heterocycles. The van der Waals surface area contributed by atoms with Crippen LogP contribution >= 0.6 is 0 Å². The number of sulfonamides is 1. The lowest BCUT2D eigenvalue weighted by molar-refractivity contribution is 0.102. The van der Waals surface area contributed by atoms with Crippen molar-refractivity contribution in [1.29, 1.82) is 0 Å². The maximum absolute atomic E-state index is 13.0. The molecule has 2 atom stereocenters. The lowest BCUT2D eigenvalue weighted by Crippen LogP contribution is -2.42. The second-order valence-corrected chi connectivity index (χ2v) is 9.55. The third-order valence-electron chi connectivity index (χ3n) is 4.88. The van der Waals surface area contributed by atoms with Crippen molar-refractivity contribution >= 4 is 21.6 Å². The first-order valence-electron chi connectivity index (χ1n) is 9.24. The third-order valence-corrected chi connectivity index (χ3v) is 6.71. The molecule has 2 unspecified atom stereocenters. The van der Waals surface area contributed by atoms with Crippen LogP contribution in [0, 0.1) is 18.8 Å². The highest BCUT2D eigenvalue weighted by Crippen LogP contribution is 2.27. The van der Waals surface area contributed by atoms with Crippen LogP contribution in [0.1, 0.15) is 36.2 Å². The number of amides is 1. The maximum Gasteiger partial charge on any atom is 0.255 e. The van der Waals surface area contributed by atoms with Gasteiger partial charge in [0.25, 0.3) is 5.91 Å². The Kier molecular flexibility index (Phi) is 5.67. The van der Waals surface area contributed by atoms with E-state index in [1.165, 1.54) is 6.07 Å². The summed E-state index contributed by atoms with van der Waals surface area (Å²) in [5, 5.41) is 2.81. The van der Waals surface area contributed by atoms with E-state index < -0.39 is 10.0 Å². The number of piperidine rings is 1. The minimum Gasteiger partial charge on any atom is -0.322 e. The summed E-state index contributed by atoms with van der Waals surface area (Å²) in [6.45, 7) is 7.16. The zero-order valence-corrected chi connectivity index (χ0v) is 16.8. The van der Waals surface area contributed by atoms with Crippen LogP contribution in [0.4, 0.5) is 5.69 Å². The van der Waals surface area contributed by atoms with E-state index >= 15 is 0 Å². The molecule has 0 spiro atoms. The predicted molar refractivity (Wildman–Crippen MR) is 107 cm³/mol. The molecule has 3 rings (SSSR count). The zero-order valence-electron chi connectivity index (χ0n) is 16.0. The fourth-order valence-corrected chi connectivity index (χ4v) is 5.32. The Bertz CT molecular complexity index is 913. The van der Waals surface area contributed by atoms with Crippen molar-refractivity contribution in [1.82, 2.24) is 4.31 Å². The van der Waals surface area contributed by atoms with Crippen LogP contribution in [0.2, 0.25) is 0 Å². The van der Waals surface area contributed by atoms with Crippen molar-refractivity contribution in [2.45, 2.75) is 32.1 Å².